The molecule has 0 aliphatic rings. The summed E-state index contributed by atoms with van der Waals surface area (Å²) in [7, 11) is 0. The summed E-state index contributed by atoms with van der Waals surface area (Å²) in [4.78, 5) is 19.1. The minimum atomic E-state index is -0.211. The molecule has 1 unspecified atom stereocenters. The fraction of sp³-hybridized carbons (Fsp3) is 0.235. The smallest absolute Gasteiger partial charge is 0.272 e. The highest BCUT2D eigenvalue weighted by atomic mass is 32.1. The van der Waals surface area contributed by atoms with Gasteiger partial charge < -0.3 is 5.32 Å². The second kappa shape index (κ2) is 6.34. The average molecular weight is 326 g/mol. The number of hydrogen-bond acceptors (Lipinski definition) is 4. The molecule has 1 atom stereocenters. The number of nitrogens with one attached hydrogen (secondary N) is 2. The van der Waals surface area contributed by atoms with Crippen LogP contribution in [0.1, 0.15) is 39.7 Å². The first-order valence-corrected chi connectivity index (χ1v) is 8.21. The van der Waals surface area contributed by atoms with Crippen LogP contribution in [-0.4, -0.2) is 21.1 Å². The maximum atomic E-state index is 12.3. The summed E-state index contributed by atoms with van der Waals surface area (Å²) in [5.74, 6) is -0.211. The highest BCUT2D eigenvalue weighted by molar-refractivity contribution is 7.15. The molecular weight excluding hydrogens is 308 g/mol. The average Bonchev–Trinajstić information content (AvgIpc) is 3.15. The first kappa shape index (κ1) is 15.4. The van der Waals surface area contributed by atoms with Crippen LogP contribution in [0.3, 0.4) is 0 Å². The monoisotopic (exact) mass is 326 g/mol. The van der Waals surface area contributed by atoms with Crippen LogP contribution in [0.5, 0.6) is 0 Å². The van der Waals surface area contributed by atoms with Crippen molar-refractivity contribution in [3.63, 3.8) is 0 Å². The van der Waals surface area contributed by atoms with Gasteiger partial charge in [0, 0.05) is 10.6 Å². The third kappa shape index (κ3) is 3.48. The molecule has 0 saturated heterocycles. The van der Waals surface area contributed by atoms with E-state index in [1.165, 1.54) is 4.88 Å². The molecule has 5 nitrogen and oxygen atoms in total. The van der Waals surface area contributed by atoms with Gasteiger partial charge in [-0.1, -0.05) is 6.07 Å². The molecule has 0 radical (unpaired) electrons. The Kier molecular flexibility index (Phi) is 4.25. The van der Waals surface area contributed by atoms with Gasteiger partial charge in [-0.05, 0) is 51.1 Å². The first-order valence-electron chi connectivity index (χ1n) is 7.39. The predicted octanol–water partition coefficient (Wildman–Crippen LogP) is 3.64. The molecular formula is C17H18N4OS. The van der Waals surface area contributed by atoms with Crippen LogP contribution in [0, 0.1) is 13.8 Å². The number of aromatic amines is 1. The second-order valence-corrected chi connectivity index (χ2v) is 6.76. The fourth-order valence-electron chi connectivity index (χ4n) is 2.29. The molecule has 0 spiro atoms. The zero-order valence-corrected chi connectivity index (χ0v) is 14.1. The number of amides is 1. The minimum Gasteiger partial charge on any atom is -0.343 e. The van der Waals surface area contributed by atoms with Crippen LogP contribution in [0.25, 0.3) is 10.6 Å². The third-order valence-corrected chi connectivity index (χ3v) is 4.55. The van der Waals surface area contributed by atoms with E-state index >= 15 is 0 Å². The van der Waals surface area contributed by atoms with E-state index in [1.807, 2.05) is 44.2 Å². The van der Waals surface area contributed by atoms with Gasteiger partial charge in [-0.25, -0.2) is 0 Å². The maximum Gasteiger partial charge on any atom is 0.272 e. The largest absolute Gasteiger partial charge is 0.343 e. The van der Waals surface area contributed by atoms with Gasteiger partial charge in [0.05, 0.1) is 22.3 Å². The van der Waals surface area contributed by atoms with Gasteiger partial charge in [-0.3, -0.25) is 14.9 Å². The van der Waals surface area contributed by atoms with Crippen LogP contribution in [0.15, 0.2) is 36.4 Å². The summed E-state index contributed by atoms with van der Waals surface area (Å²) in [5, 5.41) is 9.97. The number of aryl methyl sites for hydroxylation is 2. The lowest BCUT2D eigenvalue weighted by molar-refractivity contribution is 0.0934. The molecule has 2 N–H and O–H groups in total. The van der Waals surface area contributed by atoms with Gasteiger partial charge in [0.15, 0.2) is 5.69 Å². The molecule has 3 aromatic heterocycles. The van der Waals surface area contributed by atoms with E-state index in [4.69, 9.17) is 0 Å². The van der Waals surface area contributed by atoms with Crippen molar-refractivity contribution in [2.45, 2.75) is 26.8 Å². The number of nitrogens with zero attached hydrogens (tertiary/aromatic N) is 2. The molecule has 0 aliphatic carbocycles. The summed E-state index contributed by atoms with van der Waals surface area (Å²) in [6, 6.07) is 11.4. The Balaban J connectivity index is 1.72. The van der Waals surface area contributed by atoms with E-state index in [2.05, 4.69) is 27.4 Å². The van der Waals surface area contributed by atoms with Crippen LogP contribution in [0.4, 0.5) is 0 Å². The maximum absolute atomic E-state index is 12.3. The summed E-state index contributed by atoms with van der Waals surface area (Å²) < 4.78 is 0. The van der Waals surface area contributed by atoms with Crippen molar-refractivity contribution < 1.29 is 4.79 Å². The first-order chi connectivity index (χ1) is 11.0. The Labute approximate surface area is 138 Å². The Morgan fingerprint density at radius 2 is 2.09 bits per heavy atom. The fourth-order valence-corrected chi connectivity index (χ4v) is 3.13. The lowest BCUT2D eigenvalue weighted by Gasteiger charge is -2.12. The van der Waals surface area contributed by atoms with E-state index in [9.17, 15) is 4.79 Å². The van der Waals surface area contributed by atoms with E-state index in [0.29, 0.717) is 5.69 Å². The van der Waals surface area contributed by atoms with Crippen molar-refractivity contribution in [1.29, 1.82) is 0 Å². The Hall–Kier alpha value is -2.47. The van der Waals surface area contributed by atoms with Gasteiger partial charge >= 0.3 is 0 Å². The molecule has 3 rings (SSSR count). The highest BCUT2D eigenvalue weighted by Gasteiger charge is 2.16. The lowest BCUT2D eigenvalue weighted by Crippen LogP contribution is -2.27. The number of pyridine rings is 1. The van der Waals surface area contributed by atoms with Gasteiger partial charge in [0.25, 0.3) is 5.91 Å². The standard InChI is InChI=1S/C17H18N4OS/c1-10-5-4-6-13(18-10)12(3)19-17(22)15-9-14(20-21-15)16-8-7-11(2)23-16/h4-9,12H,1-3H3,(H,19,22)(H,20,21). The van der Waals surface area contributed by atoms with Crippen LogP contribution < -0.4 is 5.32 Å². The van der Waals surface area contributed by atoms with E-state index in [0.717, 1.165) is 22.0 Å². The van der Waals surface area contributed by atoms with Crippen molar-refractivity contribution in [3.8, 4) is 10.6 Å². The Bertz CT molecular complexity index is 836. The van der Waals surface area contributed by atoms with Crippen molar-refractivity contribution in [1.82, 2.24) is 20.5 Å². The Morgan fingerprint density at radius 1 is 1.26 bits per heavy atom. The molecule has 0 aliphatic heterocycles. The normalized spacial score (nSPS) is 12.1. The number of H-pyrrole nitrogens is 1. The van der Waals surface area contributed by atoms with Crippen molar-refractivity contribution in [3.05, 3.63) is 58.4 Å². The molecule has 0 saturated carbocycles. The zero-order valence-electron chi connectivity index (χ0n) is 13.3. The molecule has 0 bridgehead atoms. The van der Waals surface area contributed by atoms with E-state index < -0.39 is 0 Å². The molecule has 1 amide bonds. The van der Waals surface area contributed by atoms with E-state index in [-0.39, 0.29) is 11.9 Å². The molecule has 3 heterocycles. The third-order valence-electron chi connectivity index (χ3n) is 3.52. The Morgan fingerprint density at radius 3 is 2.78 bits per heavy atom. The van der Waals surface area contributed by atoms with Crippen LogP contribution in [-0.2, 0) is 0 Å². The molecule has 23 heavy (non-hydrogen) atoms. The second-order valence-electron chi connectivity index (χ2n) is 5.48. The SMILES string of the molecule is Cc1cccc(C(C)NC(=O)c2cc(-c3ccc(C)s3)[nH]n2)n1. The topological polar surface area (TPSA) is 70.7 Å². The van der Waals surface area contributed by atoms with Gasteiger partial charge in [-0.2, -0.15) is 5.10 Å². The van der Waals surface area contributed by atoms with Gasteiger partial charge in [-0.15, -0.1) is 11.3 Å². The van der Waals surface area contributed by atoms with Gasteiger partial charge in [0.1, 0.15) is 0 Å². The molecule has 6 heteroatoms. The van der Waals surface area contributed by atoms with E-state index in [1.54, 1.807) is 17.4 Å². The van der Waals surface area contributed by atoms with Crippen molar-refractivity contribution >= 4 is 17.2 Å². The number of carbonyl (C=O) groups is 1. The lowest BCUT2D eigenvalue weighted by atomic mass is 10.2. The van der Waals surface area contributed by atoms with Crippen LogP contribution >= 0.6 is 11.3 Å². The predicted molar refractivity (Wildman–Crippen MR) is 91.5 cm³/mol. The number of hydrogen-bond donors (Lipinski definition) is 2. The summed E-state index contributed by atoms with van der Waals surface area (Å²) in [5.41, 5.74) is 3.00. The molecule has 0 fully saturated rings. The number of carbonyl (C=O) groups excluding carboxylic acids is 1. The zero-order chi connectivity index (χ0) is 16.4. The number of rotatable bonds is 4. The van der Waals surface area contributed by atoms with Crippen LogP contribution in [0.2, 0.25) is 0 Å². The molecule has 3 aromatic rings. The number of thiophene rings is 1. The molecule has 118 valence electrons. The van der Waals surface area contributed by atoms with Gasteiger partial charge in [0.2, 0.25) is 0 Å². The molecule has 0 aromatic carbocycles. The highest BCUT2D eigenvalue weighted by Crippen LogP contribution is 2.26. The van der Waals surface area contributed by atoms with Crippen molar-refractivity contribution in [2.24, 2.45) is 0 Å². The minimum absolute atomic E-state index is 0.175. The van der Waals surface area contributed by atoms with Crippen molar-refractivity contribution in [2.75, 3.05) is 0 Å². The quantitative estimate of drug-likeness (QED) is 0.769. The number of aromatic nitrogens is 3. The summed E-state index contributed by atoms with van der Waals surface area (Å²) in [6.45, 7) is 5.89. The summed E-state index contributed by atoms with van der Waals surface area (Å²) >= 11 is 1.67. The summed E-state index contributed by atoms with van der Waals surface area (Å²) in [6.07, 6.45) is 0.